The van der Waals surface area contributed by atoms with Crippen molar-refractivity contribution in [2.45, 2.75) is 37.9 Å². The van der Waals surface area contributed by atoms with Crippen molar-refractivity contribution in [1.29, 1.82) is 0 Å². The quantitative estimate of drug-likeness (QED) is 0.815. The first-order valence-electron chi connectivity index (χ1n) is 5.23. The first-order chi connectivity index (χ1) is 7.25. The van der Waals surface area contributed by atoms with Gasteiger partial charge < -0.3 is 9.73 Å². The average Bonchev–Trinajstić information content (AvgIpc) is 2.70. The lowest BCUT2D eigenvalue weighted by molar-refractivity contribution is 0.0912. The van der Waals surface area contributed by atoms with Crippen molar-refractivity contribution in [2.24, 2.45) is 0 Å². The molecule has 0 aromatic carbocycles. The largest absolute Gasteiger partial charge is 0.472 e. The summed E-state index contributed by atoms with van der Waals surface area (Å²) < 4.78 is 17.9. The van der Waals surface area contributed by atoms with Crippen LogP contribution in [-0.4, -0.2) is 18.1 Å². The summed E-state index contributed by atoms with van der Waals surface area (Å²) in [6.45, 7) is 0. The fraction of sp³-hybridized carbons (Fsp3) is 0.545. The number of amides is 1. The molecule has 0 radical (unpaired) electrons. The van der Waals surface area contributed by atoms with E-state index in [0.717, 1.165) is 12.8 Å². The Balaban J connectivity index is 1.89. The minimum Gasteiger partial charge on any atom is -0.472 e. The van der Waals surface area contributed by atoms with Gasteiger partial charge in [-0.3, -0.25) is 4.79 Å². The zero-order chi connectivity index (χ0) is 10.7. The van der Waals surface area contributed by atoms with Gasteiger partial charge in [-0.25, -0.2) is 4.39 Å². The van der Waals surface area contributed by atoms with Crippen LogP contribution >= 0.6 is 0 Å². The second-order valence-corrected chi connectivity index (χ2v) is 3.95. The van der Waals surface area contributed by atoms with Crippen LogP contribution in [0, 0.1) is 0 Å². The molecule has 0 bridgehead atoms. The zero-order valence-corrected chi connectivity index (χ0v) is 8.41. The standard InChI is InChI=1S/C11H14FNO2/c12-9-2-1-3-10(6-9)13-11(14)8-4-5-15-7-8/h4-5,7,9-10H,1-3,6H2,(H,13,14)/t9-,10+/m1/s1. The fourth-order valence-electron chi connectivity index (χ4n) is 1.92. The van der Waals surface area contributed by atoms with Gasteiger partial charge in [0.25, 0.3) is 5.91 Å². The number of carbonyl (C=O) groups excluding carboxylic acids is 1. The first-order valence-corrected chi connectivity index (χ1v) is 5.23. The molecule has 1 amide bonds. The molecular weight excluding hydrogens is 197 g/mol. The summed E-state index contributed by atoms with van der Waals surface area (Å²) in [5.74, 6) is -0.178. The van der Waals surface area contributed by atoms with Crippen molar-refractivity contribution < 1.29 is 13.6 Å². The molecule has 4 heteroatoms. The molecule has 1 aromatic rings. The summed E-state index contributed by atoms with van der Waals surface area (Å²) in [5.41, 5.74) is 0.496. The smallest absolute Gasteiger partial charge is 0.254 e. The van der Waals surface area contributed by atoms with Gasteiger partial charge in [0.1, 0.15) is 12.4 Å². The lowest BCUT2D eigenvalue weighted by Crippen LogP contribution is -2.38. The van der Waals surface area contributed by atoms with Gasteiger partial charge >= 0.3 is 0 Å². The molecule has 1 aromatic heterocycles. The molecule has 0 spiro atoms. The number of hydrogen-bond acceptors (Lipinski definition) is 2. The predicted molar refractivity (Wildman–Crippen MR) is 53.3 cm³/mol. The highest BCUT2D eigenvalue weighted by Crippen LogP contribution is 2.21. The maximum Gasteiger partial charge on any atom is 0.254 e. The molecule has 82 valence electrons. The van der Waals surface area contributed by atoms with Gasteiger partial charge in [-0.2, -0.15) is 0 Å². The molecule has 0 unspecified atom stereocenters. The van der Waals surface area contributed by atoms with E-state index >= 15 is 0 Å². The van der Waals surface area contributed by atoms with Crippen molar-refractivity contribution in [3.8, 4) is 0 Å². The topological polar surface area (TPSA) is 42.2 Å². The summed E-state index contributed by atoms with van der Waals surface area (Å²) >= 11 is 0. The van der Waals surface area contributed by atoms with E-state index < -0.39 is 6.17 Å². The Morgan fingerprint density at radius 2 is 2.40 bits per heavy atom. The van der Waals surface area contributed by atoms with Crippen LogP contribution in [0.4, 0.5) is 4.39 Å². The van der Waals surface area contributed by atoms with E-state index in [4.69, 9.17) is 4.42 Å². The zero-order valence-electron chi connectivity index (χ0n) is 8.41. The second kappa shape index (κ2) is 4.47. The molecule has 0 saturated heterocycles. The maximum atomic E-state index is 13.1. The molecule has 1 aliphatic carbocycles. The van der Waals surface area contributed by atoms with Gasteiger partial charge in [-0.05, 0) is 31.7 Å². The summed E-state index contributed by atoms with van der Waals surface area (Å²) in [4.78, 5) is 11.6. The summed E-state index contributed by atoms with van der Waals surface area (Å²) in [5, 5.41) is 2.81. The number of furan rings is 1. The highest BCUT2D eigenvalue weighted by atomic mass is 19.1. The van der Waals surface area contributed by atoms with Crippen LogP contribution in [0.2, 0.25) is 0 Å². The minimum atomic E-state index is -0.770. The van der Waals surface area contributed by atoms with E-state index in [1.54, 1.807) is 6.07 Å². The second-order valence-electron chi connectivity index (χ2n) is 3.95. The van der Waals surface area contributed by atoms with Crippen LogP contribution < -0.4 is 5.32 Å². The third-order valence-electron chi connectivity index (χ3n) is 2.73. The van der Waals surface area contributed by atoms with Crippen LogP contribution in [0.15, 0.2) is 23.0 Å². The monoisotopic (exact) mass is 211 g/mol. The van der Waals surface area contributed by atoms with Crippen molar-refractivity contribution in [3.63, 3.8) is 0 Å². The number of hydrogen-bond donors (Lipinski definition) is 1. The van der Waals surface area contributed by atoms with E-state index in [0.29, 0.717) is 18.4 Å². The Morgan fingerprint density at radius 1 is 1.53 bits per heavy atom. The highest BCUT2D eigenvalue weighted by Gasteiger charge is 2.23. The number of rotatable bonds is 2. The van der Waals surface area contributed by atoms with Gasteiger partial charge in [-0.15, -0.1) is 0 Å². The first kappa shape index (κ1) is 10.2. The third-order valence-corrected chi connectivity index (χ3v) is 2.73. The molecule has 0 aliphatic heterocycles. The van der Waals surface area contributed by atoms with Gasteiger partial charge in [0.15, 0.2) is 0 Å². The average molecular weight is 211 g/mol. The Labute approximate surface area is 87.7 Å². The minimum absolute atomic E-state index is 0.0313. The van der Waals surface area contributed by atoms with E-state index in [2.05, 4.69) is 5.32 Å². The van der Waals surface area contributed by atoms with Crippen LogP contribution in [-0.2, 0) is 0 Å². The molecule has 15 heavy (non-hydrogen) atoms. The van der Waals surface area contributed by atoms with Crippen LogP contribution in [0.3, 0.4) is 0 Å². The maximum absolute atomic E-state index is 13.1. The Hall–Kier alpha value is -1.32. The Bertz CT molecular complexity index is 323. The highest BCUT2D eigenvalue weighted by molar-refractivity contribution is 5.93. The van der Waals surface area contributed by atoms with E-state index in [9.17, 15) is 9.18 Å². The molecule has 1 aliphatic rings. The molecular formula is C11H14FNO2. The molecule has 2 atom stereocenters. The summed E-state index contributed by atoms with van der Waals surface area (Å²) in [6, 6.07) is 1.57. The van der Waals surface area contributed by atoms with Crippen LogP contribution in [0.25, 0.3) is 0 Å². The van der Waals surface area contributed by atoms with Gasteiger partial charge in [0.2, 0.25) is 0 Å². The number of alkyl halides is 1. The predicted octanol–water partition coefficient (Wildman–Crippen LogP) is 2.29. The lowest BCUT2D eigenvalue weighted by Gasteiger charge is -2.25. The van der Waals surface area contributed by atoms with Gasteiger partial charge in [-0.1, -0.05) is 0 Å². The molecule has 2 rings (SSSR count). The third kappa shape index (κ3) is 2.58. The van der Waals surface area contributed by atoms with Crippen LogP contribution in [0.1, 0.15) is 36.0 Å². The molecule has 1 fully saturated rings. The molecule has 3 nitrogen and oxygen atoms in total. The van der Waals surface area contributed by atoms with E-state index in [1.165, 1.54) is 12.5 Å². The number of carbonyl (C=O) groups is 1. The SMILES string of the molecule is O=C(N[C@H]1CCC[C@@H](F)C1)c1ccoc1. The van der Waals surface area contributed by atoms with Crippen LogP contribution in [0.5, 0.6) is 0 Å². The lowest BCUT2D eigenvalue weighted by atomic mass is 9.94. The number of nitrogens with one attached hydrogen (secondary N) is 1. The van der Waals surface area contributed by atoms with E-state index in [-0.39, 0.29) is 11.9 Å². The number of halogens is 1. The normalized spacial score (nSPS) is 26.2. The van der Waals surface area contributed by atoms with Crippen molar-refractivity contribution in [2.75, 3.05) is 0 Å². The van der Waals surface area contributed by atoms with Gasteiger partial charge in [0, 0.05) is 6.04 Å². The Morgan fingerprint density at radius 3 is 3.07 bits per heavy atom. The molecule has 1 N–H and O–H groups in total. The Kier molecular flexibility index (Phi) is 3.04. The summed E-state index contributed by atoms with van der Waals surface area (Å²) in [6.07, 6.45) is 4.84. The fourth-order valence-corrected chi connectivity index (χ4v) is 1.92. The molecule has 1 heterocycles. The van der Waals surface area contributed by atoms with Crippen molar-refractivity contribution in [1.82, 2.24) is 5.32 Å². The molecule has 1 saturated carbocycles. The summed E-state index contributed by atoms with van der Waals surface area (Å²) in [7, 11) is 0. The van der Waals surface area contributed by atoms with Crippen molar-refractivity contribution >= 4 is 5.91 Å². The van der Waals surface area contributed by atoms with Gasteiger partial charge in [0.05, 0.1) is 11.8 Å². The van der Waals surface area contributed by atoms with Crippen molar-refractivity contribution in [3.05, 3.63) is 24.2 Å². The van der Waals surface area contributed by atoms with E-state index in [1.807, 2.05) is 0 Å².